The normalized spacial score (nSPS) is 10.7. The molecule has 1 N–H and O–H groups in total. The van der Waals surface area contributed by atoms with Gasteiger partial charge in [0.05, 0.1) is 5.56 Å². The lowest BCUT2D eigenvalue weighted by Crippen LogP contribution is -2.10. The van der Waals surface area contributed by atoms with Gasteiger partial charge in [-0.1, -0.05) is 36.4 Å². The highest BCUT2D eigenvalue weighted by molar-refractivity contribution is 5.94. The summed E-state index contributed by atoms with van der Waals surface area (Å²) in [5.41, 5.74) is 1.88. The van der Waals surface area contributed by atoms with Gasteiger partial charge in [-0.05, 0) is 29.1 Å². The van der Waals surface area contributed by atoms with Crippen molar-refractivity contribution in [1.82, 2.24) is 4.98 Å². The quantitative estimate of drug-likeness (QED) is 0.514. The molecule has 0 spiro atoms. The van der Waals surface area contributed by atoms with Crippen LogP contribution in [0.25, 0.3) is 10.9 Å². The van der Waals surface area contributed by atoms with E-state index < -0.39 is 5.97 Å². The third kappa shape index (κ3) is 3.96. The van der Waals surface area contributed by atoms with Crippen LogP contribution >= 0.6 is 0 Å². The van der Waals surface area contributed by atoms with Crippen molar-refractivity contribution < 1.29 is 18.7 Å². The third-order valence-electron chi connectivity index (χ3n) is 4.23. The zero-order valence-electron chi connectivity index (χ0n) is 14.9. The lowest BCUT2D eigenvalue weighted by Gasteiger charge is -2.07. The standard InChI is InChI=1S/C22H17NO5/c24-20-11-18(26-14-21(20)27-12-15-4-2-1-3-5-15)13-28-22(25)17-7-6-16-8-9-23-19(16)10-17/h1-11,14,23H,12-13H2. The van der Waals surface area contributed by atoms with Crippen molar-refractivity contribution in [3.8, 4) is 5.75 Å². The predicted molar refractivity (Wildman–Crippen MR) is 103 cm³/mol. The fraction of sp³-hybridized carbons (Fsp3) is 0.0909. The van der Waals surface area contributed by atoms with E-state index >= 15 is 0 Å². The summed E-state index contributed by atoms with van der Waals surface area (Å²) in [6.07, 6.45) is 3.04. The summed E-state index contributed by atoms with van der Waals surface area (Å²) < 4.78 is 16.1. The van der Waals surface area contributed by atoms with Gasteiger partial charge < -0.3 is 18.9 Å². The maximum absolute atomic E-state index is 12.2. The lowest BCUT2D eigenvalue weighted by molar-refractivity contribution is 0.0442. The van der Waals surface area contributed by atoms with E-state index in [4.69, 9.17) is 13.9 Å². The van der Waals surface area contributed by atoms with Crippen LogP contribution in [0.4, 0.5) is 0 Å². The fourth-order valence-corrected chi connectivity index (χ4v) is 2.75. The highest BCUT2D eigenvalue weighted by atomic mass is 16.5. The molecule has 0 radical (unpaired) electrons. The highest BCUT2D eigenvalue weighted by Crippen LogP contribution is 2.16. The molecule has 0 aliphatic heterocycles. The van der Waals surface area contributed by atoms with Crippen LogP contribution in [0.15, 0.2) is 82.3 Å². The molecule has 0 atom stereocenters. The molecule has 0 bridgehead atoms. The summed E-state index contributed by atoms with van der Waals surface area (Å²) >= 11 is 0. The van der Waals surface area contributed by atoms with Crippen molar-refractivity contribution in [2.24, 2.45) is 0 Å². The third-order valence-corrected chi connectivity index (χ3v) is 4.23. The SMILES string of the molecule is O=C(OCc1cc(=O)c(OCc2ccccc2)co1)c1ccc2cc[nH]c2c1. The second kappa shape index (κ2) is 7.84. The van der Waals surface area contributed by atoms with Crippen LogP contribution in [0.3, 0.4) is 0 Å². The molecular weight excluding hydrogens is 358 g/mol. The number of H-pyrrole nitrogens is 1. The minimum atomic E-state index is -0.497. The Bertz CT molecular complexity index is 1160. The molecule has 2 heterocycles. The van der Waals surface area contributed by atoms with Gasteiger partial charge in [0.15, 0.2) is 0 Å². The van der Waals surface area contributed by atoms with E-state index in [2.05, 4.69) is 4.98 Å². The van der Waals surface area contributed by atoms with Gasteiger partial charge in [0.2, 0.25) is 11.2 Å². The second-order valence-corrected chi connectivity index (χ2v) is 6.20. The number of ether oxygens (including phenoxy) is 2. The van der Waals surface area contributed by atoms with Gasteiger partial charge in [-0.3, -0.25) is 4.79 Å². The zero-order chi connectivity index (χ0) is 19.3. The fourth-order valence-electron chi connectivity index (χ4n) is 2.75. The number of hydrogen-bond acceptors (Lipinski definition) is 5. The molecular formula is C22H17NO5. The Morgan fingerprint density at radius 3 is 2.68 bits per heavy atom. The van der Waals surface area contributed by atoms with Crippen LogP contribution in [0.2, 0.25) is 0 Å². The molecule has 4 aromatic rings. The number of carbonyl (C=O) groups excluding carboxylic acids is 1. The molecule has 0 saturated heterocycles. The number of benzene rings is 2. The Labute approximate surface area is 160 Å². The topological polar surface area (TPSA) is 81.5 Å². The number of fused-ring (bicyclic) bond motifs is 1. The Kier molecular flexibility index (Phi) is 4.93. The maximum Gasteiger partial charge on any atom is 0.338 e. The van der Waals surface area contributed by atoms with Crippen molar-refractivity contribution in [1.29, 1.82) is 0 Å². The Morgan fingerprint density at radius 2 is 1.86 bits per heavy atom. The molecule has 2 aromatic heterocycles. The van der Waals surface area contributed by atoms with Crippen LogP contribution in [0.1, 0.15) is 21.7 Å². The van der Waals surface area contributed by atoms with Crippen LogP contribution in [0.5, 0.6) is 5.75 Å². The smallest absolute Gasteiger partial charge is 0.338 e. The molecule has 0 fully saturated rings. The van der Waals surface area contributed by atoms with E-state index in [0.29, 0.717) is 5.56 Å². The molecule has 0 saturated carbocycles. The van der Waals surface area contributed by atoms with Crippen LogP contribution in [0, 0.1) is 0 Å². The van der Waals surface area contributed by atoms with E-state index in [1.807, 2.05) is 42.5 Å². The van der Waals surface area contributed by atoms with Gasteiger partial charge in [-0.15, -0.1) is 0 Å². The Hall–Kier alpha value is -3.80. The number of esters is 1. The van der Waals surface area contributed by atoms with Crippen molar-refractivity contribution in [3.05, 3.63) is 100 Å². The van der Waals surface area contributed by atoms with Crippen molar-refractivity contribution in [2.45, 2.75) is 13.2 Å². The summed E-state index contributed by atoms with van der Waals surface area (Å²) in [4.78, 5) is 27.4. The van der Waals surface area contributed by atoms with E-state index in [1.165, 1.54) is 12.3 Å². The molecule has 0 amide bonds. The summed E-state index contributed by atoms with van der Waals surface area (Å²) in [5.74, 6) is -0.147. The van der Waals surface area contributed by atoms with Crippen molar-refractivity contribution in [3.63, 3.8) is 0 Å². The van der Waals surface area contributed by atoms with Crippen LogP contribution in [-0.2, 0) is 18.0 Å². The Morgan fingerprint density at radius 1 is 1.00 bits per heavy atom. The van der Waals surface area contributed by atoms with Gasteiger partial charge in [-0.25, -0.2) is 4.79 Å². The van der Waals surface area contributed by atoms with Gasteiger partial charge >= 0.3 is 5.97 Å². The molecule has 0 aliphatic carbocycles. The van der Waals surface area contributed by atoms with E-state index in [-0.39, 0.29) is 30.2 Å². The summed E-state index contributed by atoms with van der Waals surface area (Å²) in [7, 11) is 0. The van der Waals surface area contributed by atoms with Crippen molar-refractivity contribution >= 4 is 16.9 Å². The van der Waals surface area contributed by atoms with Gasteiger partial charge in [0.25, 0.3) is 0 Å². The average Bonchev–Trinajstić information content (AvgIpc) is 3.20. The molecule has 4 rings (SSSR count). The first-order chi connectivity index (χ1) is 13.7. The number of nitrogens with one attached hydrogen (secondary N) is 1. The van der Waals surface area contributed by atoms with E-state index in [9.17, 15) is 9.59 Å². The van der Waals surface area contributed by atoms with E-state index in [0.717, 1.165) is 16.5 Å². The molecule has 0 unspecified atom stereocenters. The maximum atomic E-state index is 12.2. The number of aromatic nitrogens is 1. The lowest BCUT2D eigenvalue weighted by atomic mass is 10.2. The largest absolute Gasteiger partial charge is 0.482 e. The molecule has 6 nitrogen and oxygen atoms in total. The first-order valence-electron chi connectivity index (χ1n) is 8.72. The zero-order valence-corrected chi connectivity index (χ0v) is 14.9. The van der Waals surface area contributed by atoms with Gasteiger partial charge in [0.1, 0.15) is 25.2 Å². The number of carbonyl (C=O) groups is 1. The average molecular weight is 375 g/mol. The highest BCUT2D eigenvalue weighted by Gasteiger charge is 2.11. The number of rotatable bonds is 6. The molecule has 140 valence electrons. The van der Waals surface area contributed by atoms with Gasteiger partial charge in [-0.2, -0.15) is 0 Å². The van der Waals surface area contributed by atoms with Crippen LogP contribution < -0.4 is 10.2 Å². The first kappa shape index (κ1) is 17.6. The van der Waals surface area contributed by atoms with Crippen molar-refractivity contribution in [2.75, 3.05) is 0 Å². The summed E-state index contributed by atoms with van der Waals surface area (Å²) in [6.45, 7) is 0.122. The molecule has 6 heteroatoms. The van der Waals surface area contributed by atoms with Gasteiger partial charge in [0, 0.05) is 17.8 Å². The number of hydrogen-bond donors (Lipinski definition) is 1. The molecule has 2 aromatic carbocycles. The Balaban J connectivity index is 1.37. The van der Waals surface area contributed by atoms with E-state index in [1.54, 1.807) is 18.3 Å². The molecule has 0 aliphatic rings. The predicted octanol–water partition coefficient (Wildman–Crippen LogP) is 4.06. The second-order valence-electron chi connectivity index (χ2n) is 6.20. The summed E-state index contributed by atoms with van der Waals surface area (Å²) in [5, 5.41) is 1.01. The minimum Gasteiger partial charge on any atom is -0.482 e. The minimum absolute atomic E-state index is 0.108. The first-order valence-corrected chi connectivity index (χ1v) is 8.72. The monoisotopic (exact) mass is 375 g/mol. The summed E-state index contributed by atoms with van der Waals surface area (Å²) in [6, 6.07) is 17.9. The number of aromatic amines is 1. The van der Waals surface area contributed by atoms with Crippen LogP contribution in [-0.4, -0.2) is 11.0 Å². The molecule has 28 heavy (non-hydrogen) atoms.